The first-order chi connectivity index (χ1) is 14.6. The molecule has 0 bridgehead atoms. The third-order valence-electron chi connectivity index (χ3n) is 5.10. The highest BCUT2D eigenvalue weighted by Gasteiger charge is 2.30. The van der Waals surface area contributed by atoms with E-state index in [1.165, 1.54) is 6.26 Å². The number of nitrogens with one attached hydrogen (secondary N) is 1. The Balaban J connectivity index is 1.36. The fraction of sp³-hybridized carbons (Fsp3) is 0.318. The number of hydrogen-bond donors (Lipinski definition) is 1. The molecular weight excluding hydrogens is 386 g/mol. The summed E-state index contributed by atoms with van der Waals surface area (Å²) in [4.78, 5) is 30.1. The number of fused-ring (bicyclic) bond motifs is 1. The van der Waals surface area contributed by atoms with Gasteiger partial charge in [-0.3, -0.25) is 9.59 Å². The van der Waals surface area contributed by atoms with E-state index in [2.05, 4.69) is 10.3 Å². The molecule has 0 unspecified atom stereocenters. The molecule has 8 heteroatoms. The van der Waals surface area contributed by atoms with E-state index in [1.807, 2.05) is 43.3 Å². The van der Waals surface area contributed by atoms with Crippen LogP contribution in [-0.2, 0) is 11.4 Å². The number of oxazole rings is 1. The zero-order valence-electron chi connectivity index (χ0n) is 16.9. The first kappa shape index (κ1) is 19.8. The van der Waals surface area contributed by atoms with Crippen molar-refractivity contribution in [2.45, 2.75) is 26.0 Å². The number of likely N-dealkylation sites (tertiary alicyclic amines) is 1. The van der Waals surface area contributed by atoms with Gasteiger partial charge in [0.25, 0.3) is 5.91 Å². The van der Waals surface area contributed by atoms with Crippen molar-refractivity contribution in [3.8, 4) is 11.5 Å². The van der Waals surface area contributed by atoms with E-state index in [1.54, 1.807) is 12.0 Å². The van der Waals surface area contributed by atoms with Gasteiger partial charge < -0.3 is 24.1 Å². The van der Waals surface area contributed by atoms with Gasteiger partial charge in [0.15, 0.2) is 12.3 Å². The summed E-state index contributed by atoms with van der Waals surface area (Å²) in [5.74, 6) is 1.41. The highest BCUT2D eigenvalue weighted by atomic mass is 16.5. The third-order valence-corrected chi connectivity index (χ3v) is 5.10. The number of ether oxygens (including phenoxy) is 2. The van der Waals surface area contributed by atoms with Crippen LogP contribution in [0.3, 0.4) is 0 Å². The quantitative estimate of drug-likeness (QED) is 0.645. The molecule has 2 heterocycles. The lowest BCUT2D eigenvalue weighted by atomic mass is 10.1. The standard InChI is InChI=1S/C22H23N3O5/c1-3-25-11-16(10-21(25)26)23-22(27)19-12-30-20(24-19)13-29-18-7-5-14-4-6-17(28-2)8-15(14)9-18/h4-9,12,16H,3,10-11,13H2,1-2H3,(H,23,27)/t16-/m0/s1. The van der Waals surface area contributed by atoms with Gasteiger partial charge in [-0.05, 0) is 42.0 Å². The van der Waals surface area contributed by atoms with Gasteiger partial charge in [-0.15, -0.1) is 0 Å². The van der Waals surface area contributed by atoms with Gasteiger partial charge in [-0.2, -0.15) is 0 Å². The largest absolute Gasteiger partial charge is 0.497 e. The van der Waals surface area contributed by atoms with Crippen molar-refractivity contribution < 1.29 is 23.5 Å². The molecule has 1 fully saturated rings. The Labute approximate surface area is 173 Å². The van der Waals surface area contributed by atoms with E-state index in [9.17, 15) is 9.59 Å². The average molecular weight is 409 g/mol. The van der Waals surface area contributed by atoms with Crippen molar-refractivity contribution in [3.05, 3.63) is 54.2 Å². The molecule has 1 saturated heterocycles. The van der Waals surface area contributed by atoms with Crippen LogP contribution in [0.4, 0.5) is 0 Å². The number of amides is 2. The molecule has 1 N–H and O–H groups in total. The smallest absolute Gasteiger partial charge is 0.273 e. The topological polar surface area (TPSA) is 93.9 Å². The molecule has 1 atom stereocenters. The zero-order chi connectivity index (χ0) is 21.1. The Bertz CT molecular complexity index is 1080. The fourth-order valence-corrected chi connectivity index (χ4v) is 3.48. The summed E-state index contributed by atoms with van der Waals surface area (Å²) >= 11 is 0. The molecule has 1 aliphatic rings. The lowest BCUT2D eigenvalue weighted by Gasteiger charge is -2.13. The lowest BCUT2D eigenvalue weighted by Crippen LogP contribution is -2.37. The van der Waals surface area contributed by atoms with Gasteiger partial charge in [0.2, 0.25) is 11.8 Å². The van der Waals surface area contributed by atoms with Crippen LogP contribution in [0.25, 0.3) is 10.8 Å². The van der Waals surface area contributed by atoms with Crippen LogP contribution in [0.1, 0.15) is 29.7 Å². The van der Waals surface area contributed by atoms with Crippen molar-refractivity contribution >= 4 is 22.6 Å². The third kappa shape index (κ3) is 4.22. The number of carbonyl (C=O) groups is 2. The van der Waals surface area contributed by atoms with Gasteiger partial charge in [-0.25, -0.2) is 4.98 Å². The first-order valence-electron chi connectivity index (χ1n) is 9.79. The molecule has 3 aromatic rings. The van der Waals surface area contributed by atoms with Gasteiger partial charge in [0.05, 0.1) is 13.2 Å². The molecule has 0 aliphatic carbocycles. The fourth-order valence-electron chi connectivity index (χ4n) is 3.48. The van der Waals surface area contributed by atoms with Crippen molar-refractivity contribution in [3.63, 3.8) is 0 Å². The van der Waals surface area contributed by atoms with Crippen molar-refractivity contribution in [1.29, 1.82) is 0 Å². The van der Waals surface area contributed by atoms with Crippen LogP contribution in [0.15, 0.2) is 47.1 Å². The summed E-state index contributed by atoms with van der Waals surface area (Å²) in [6, 6.07) is 11.3. The lowest BCUT2D eigenvalue weighted by molar-refractivity contribution is -0.127. The van der Waals surface area contributed by atoms with Crippen LogP contribution in [-0.4, -0.2) is 47.9 Å². The van der Waals surface area contributed by atoms with E-state index >= 15 is 0 Å². The second kappa shape index (κ2) is 8.44. The molecule has 0 saturated carbocycles. The van der Waals surface area contributed by atoms with Crippen molar-refractivity contribution in [2.24, 2.45) is 0 Å². The number of methoxy groups -OCH3 is 1. The summed E-state index contributed by atoms with van der Waals surface area (Å²) in [5, 5.41) is 4.90. The Morgan fingerprint density at radius 2 is 2.00 bits per heavy atom. The van der Waals surface area contributed by atoms with Crippen molar-refractivity contribution in [1.82, 2.24) is 15.2 Å². The van der Waals surface area contributed by atoms with Crippen LogP contribution < -0.4 is 14.8 Å². The SMILES string of the molecule is CCN1C[C@@H](NC(=O)c2coc(COc3ccc4ccc(OC)cc4c3)n2)CC1=O. The molecule has 0 radical (unpaired) electrons. The highest BCUT2D eigenvalue weighted by molar-refractivity contribution is 5.93. The van der Waals surface area contributed by atoms with E-state index in [-0.39, 0.29) is 30.2 Å². The summed E-state index contributed by atoms with van der Waals surface area (Å²) in [7, 11) is 1.63. The van der Waals surface area contributed by atoms with Gasteiger partial charge in [0.1, 0.15) is 17.8 Å². The maximum absolute atomic E-state index is 12.4. The van der Waals surface area contributed by atoms with Gasteiger partial charge >= 0.3 is 0 Å². The second-order valence-corrected chi connectivity index (χ2v) is 7.10. The monoisotopic (exact) mass is 409 g/mol. The van der Waals surface area contributed by atoms with Gasteiger partial charge in [0, 0.05) is 19.5 Å². The number of hydrogen-bond acceptors (Lipinski definition) is 6. The molecule has 2 amide bonds. The number of carbonyl (C=O) groups excluding carboxylic acids is 2. The second-order valence-electron chi connectivity index (χ2n) is 7.10. The summed E-state index contributed by atoms with van der Waals surface area (Å²) < 4.78 is 16.4. The molecule has 4 rings (SSSR count). The van der Waals surface area contributed by atoms with Crippen LogP contribution >= 0.6 is 0 Å². The Morgan fingerprint density at radius 3 is 2.73 bits per heavy atom. The first-order valence-corrected chi connectivity index (χ1v) is 9.79. The molecule has 156 valence electrons. The van der Waals surface area contributed by atoms with Crippen LogP contribution in [0.2, 0.25) is 0 Å². The number of benzene rings is 2. The van der Waals surface area contributed by atoms with E-state index in [4.69, 9.17) is 13.9 Å². The zero-order valence-corrected chi connectivity index (χ0v) is 16.9. The average Bonchev–Trinajstić information content (AvgIpc) is 3.37. The molecule has 1 aliphatic heterocycles. The summed E-state index contributed by atoms with van der Waals surface area (Å²) in [5.41, 5.74) is 0.166. The predicted molar refractivity (Wildman–Crippen MR) is 109 cm³/mol. The molecule has 0 spiro atoms. The van der Waals surface area contributed by atoms with Crippen LogP contribution in [0.5, 0.6) is 11.5 Å². The Hall–Kier alpha value is -3.55. The number of nitrogens with zero attached hydrogens (tertiary/aromatic N) is 2. The normalized spacial score (nSPS) is 16.1. The molecule has 30 heavy (non-hydrogen) atoms. The van der Waals surface area contributed by atoms with Gasteiger partial charge in [-0.1, -0.05) is 12.1 Å². The summed E-state index contributed by atoms with van der Waals surface area (Å²) in [6.07, 6.45) is 1.60. The molecule has 8 nitrogen and oxygen atoms in total. The minimum absolute atomic E-state index is 0.0463. The van der Waals surface area contributed by atoms with E-state index in [0.717, 1.165) is 16.5 Å². The highest BCUT2D eigenvalue weighted by Crippen LogP contribution is 2.25. The number of likely N-dealkylation sites (N-methyl/N-ethyl adjacent to an activating group) is 1. The number of aromatic nitrogens is 1. The predicted octanol–water partition coefficient (Wildman–Crippen LogP) is 2.77. The van der Waals surface area contributed by atoms with Crippen LogP contribution in [0, 0.1) is 0 Å². The maximum Gasteiger partial charge on any atom is 0.273 e. The van der Waals surface area contributed by atoms with E-state index in [0.29, 0.717) is 31.2 Å². The molecule has 2 aromatic carbocycles. The number of rotatable bonds is 7. The minimum Gasteiger partial charge on any atom is -0.497 e. The van der Waals surface area contributed by atoms with E-state index < -0.39 is 0 Å². The minimum atomic E-state index is -0.362. The Morgan fingerprint density at radius 1 is 1.23 bits per heavy atom. The van der Waals surface area contributed by atoms with Crippen molar-refractivity contribution in [2.75, 3.05) is 20.2 Å². The summed E-state index contributed by atoms with van der Waals surface area (Å²) in [6.45, 7) is 3.16. The Kier molecular flexibility index (Phi) is 5.56. The maximum atomic E-state index is 12.4. The molecular formula is C22H23N3O5. The molecule has 1 aromatic heterocycles.